The van der Waals surface area contributed by atoms with E-state index in [1.165, 1.54) is 0 Å². The van der Waals surface area contributed by atoms with E-state index < -0.39 is 16.9 Å². The van der Waals surface area contributed by atoms with E-state index in [4.69, 9.17) is 11.6 Å². The van der Waals surface area contributed by atoms with Crippen LogP contribution in [-0.2, 0) is 4.79 Å². The van der Waals surface area contributed by atoms with Gasteiger partial charge in [0.2, 0.25) is 11.6 Å². The molecule has 0 bridgehead atoms. The van der Waals surface area contributed by atoms with Gasteiger partial charge < -0.3 is 0 Å². The maximum Gasteiger partial charge on any atom is 0.230 e. The Morgan fingerprint density at radius 1 is 0.947 bits per heavy atom. The van der Waals surface area contributed by atoms with Gasteiger partial charge in [-0.1, -0.05) is 58.4 Å². The molecule has 0 radical (unpaired) electrons. The molecule has 2 nitrogen and oxygen atoms in total. The molecule has 0 amide bonds. The first-order valence-electron chi connectivity index (χ1n) is 5.62. The van der Waals surface area contributed by atoms with Crippen molar-refractivity contribution in [1.82, 2.24) is 0 Å². The molecule has 4 heteroatoms. The molecule has 0 saturated carbocycles. The minimum Gasteiger partial charge on any atom is -0.288 e. The Balaban J connectivity index is 2.20. The summed E-state index contributed by atoms with van der Waals surface area (Å²) >= 11 is 9.37. The van der Waals surface area contributed by atoms with Crippen molar-refractivity contribution in [3.05, 3.63) is 70.2 Å². The Labute approximate surface area is 124 Å². The Bertz CT molecular complexity index is 593. The maximum atomic E-state index is 12.0. The van der Waals surface area contributed by atoms with Crippen molar-refractivity contribution >= 4 is 39.1 Å². The van der Waals surface area contributed by atoms with E-state index in [1.54, 1.807) is 54.6 Å². The number of benzene rings is 2. The van der Waals surface area contributed by atoms with Gasteiger partial charge in [0.05, 0.1) is 0 Å². The van der Waals surface area contributed by atoms with Gasteiger partial charge in [0, 0.05) is 10.0 Å². The quantitative estimate of drug-likeness (QED) is 0.476. The molecular weight excluding hydrogens is 328 g/mol. The number of carbonyl (C=O) groups excluding carboxylic acids is 2. The summed E-state index contributed by atoms with van der Waals surface area (Å²) in [6.45, 7) is 0. The number of halogens is 2. The first kappa shape index (κ1) is 14.0. The van der Waals surface area contributed by atoms with E-state index in [2.05, 4.69) is 15.9 Å². The third kappa shape index (κ3) is 3.31. The molecule has 0 aliphatic carbocycles. The largest absolute Gasteiger partial charge is 0.288 e. The summed E-state index contributed by atoms with van der Waals surface area (Å²) in [5.41, 5.74) is 0.967. The second-order valence-corrected chi connectivity index (χ2v) is 5.33. The summed E-state index contributed by atoms with van der Waals surface area (Å²) in [4.78, 5) is 24.0. The van der Waals surface area contributed by atoms with Crippen molar-refractivity contribution in [2.75, 3.05) is 0 Å². The number of hydrogen-bond acceptors (Lipinski definition) is 2. The van der Waals surface area contributed by atoms with Crippen molar-refractivity contribution in [2.45, 2.75) is 5.38 Å². The van der Waals surface area contributed by atoms with Gasteiger partial charge in [0.15, 0.2) is 0 Å². The van der Waals surface area contributed by atoms with Crippen LogP contribution in [0.25, 0.3) is 0 Å². The van der Waals surface area contributed by atoms with Gasteiger partial charge in [-0.2, -0.15) is 0 Å². The molecular formula is C15H10BrClO2. The molecule has 1 unspecified atom stereocenters. The zero-order valence-corrected chi connectivity index (χ0v) is 12.2. The maximum absolute atomic E-state index is 12.0. The number of rotatable bonds is 4. The molecule has 2 rings (SSSR count). The summed E-state index contributed by atoms with van der Waals surface area (Å²) in [5.74, 6) is -1.18. The van der Waals surface area contributed by atoms with Gasteiger partial charge in [-0.25, -0.2) is 0 Å². The lowest BCUT2D eigenvalue weighted by Gasteiger charge is -2.08. The fourth-order valence-corrected chi connectivity index (χ4v) is 2.14. The zero-order chi connectivity index (χ0) is 13.8. The van der Waals surface area contributed by atoms with Gasteiger partial charge in [-0.3, -0.25) is 9.59 Å². The van der Waals surface area contributed by atoms with E-state index in [0.29, 0.717) is 11.1 Å². The monoisotopic (exact) mass is 336 g/mol. The van der Waals surface area contributed by atoms with Crippen molar-refractivity contribution in [3.8, 4) is 0 Å². The Kier molecular flexibility index (Phi) is 4.51. The Hall–Kier alpha value is -1.45. The van der Waals surface area contributed by atoms with Crippen LogP contribution >= 0.6 is 27.5 Å². The second-order valence-electron chi connectivity index (χ2n) is 3.97. The van der Waals surface area contributed by atoms with Crippen LogP contribution in [0.1, 0.15) is 21.3 Å². The number of alkyl halides is 1. The van der Waals surface area contributed by atoms with Crippen molar-refractivity contribution in [1.29, 1.82) is 0 Å². The first-order valence-corrected chi connectivity index (χ1v) is 6.85. The molecule has 96 valence electrons. The highest BCUT2D eigenvalue weighted by molar-refractivity contribution is 9.10. The van der Waals surface area contributed by atoms with Crippen LogP contribution in [0.2, 0.25) is 0 Å². The molecule has 0 aliphatic heterocycles. The molecule has 1 atom stereocenters. The van der Waals surface area contributed by atoms with Gasteiger partial charge in [0.1, 0.15) is 5.38 Å². The van der Waals surface area contributed by atoms with E-state index in [0.717, 1.165) is 4.47 Å². The highest BCUT2D eigenvalue weighted by Gasteiger charge is 2.25. The predicted molar refractivity (Wildman–Crippen MR) is 78.5 cm³/mol. The van der Waals surface area contributed by atoms with Gasteiger partial charge >= 0.3 is 0 Å². The van der Waals surface area contributed by atoms with E-state index in [9.17, 15) is 9.59 Å². The molecule has 0 fully saturated rings. The third-order valence-corrected chi connectivity index (χ3v) is 3.63. The van der Waals surface area contributed by atoms with Crippen molar-refractivity contribution in [3.63, 3.8) is 0 Å². The highest BCUT2D eigenvalue weighted by Crippen LogP contribution is 2.24. The molecule has 2 aromatic carbocycles. The lowest BCUT2D eigenvalue weighted by molar-refractivity contribution is -0.114. The molecule has 0 N–H and O–H groups in total. The summed E-state index contributed by atoms with van der Waals surface area (Å²) in [5, 5.41) is -0.958. The van der Waals surface area contributed by atoms with Crippen LogP contribution in [0.5, 0.6) is 0 Å². The smallest absolute Gasteiger partial charge is 0.230 e. The van der Waals surface area contributed by atoms with Crippen molar-refractivity contribution < 1.29 is 9.59 Å². The standard InChI is InChI=1S/C15H10BrClO2/c16-12-8-6-10(7-9-12)13(17)15(19)14(18)11-4-2-1-3-5-11/h1-9,13H. The van der Waals surface area contributed by atoms with Gasteiger partial charge in [-0.05, 0) is 17.7 Å². The SMILES string of the molecule is O=C(C(=O)C(Cl)c1ccc(Br)cc1)c1ccccc1. The fourth-order valence-electron chi connectivity index (χ4n) is 1.63. The van der Waals surface area contributed by atoms with E-state index in [1.807, 2.05) is 0 Å². The van der Waals surface area contributed by atoms with Crippen LogP contribution in [-0.4, -0.2) is 11.6 Å². The molecule has 0 spiro atoms. The fraction of sp³-hybridized carbons (Fsp3) is 0.0667. The molecule has 0 aromatic heterocycles. The normalized spacial score (nSPS) is 11.9. The minimum atomic E-state index is -0.958. The number of ketones is 2. The van der Waals surface area contributed by atoms with E-state index in [-0.39, 0.29) is 0 Å². The van der Waals surface area contributed by atoms with Crippen LogP contribution in [0.4, 0.5) is 0 Å². The Morgan fingerprint density at radius 2 is 1.53 bits per heavy atom. The van der Waals surface area contributed by atoms with E-state index >= 15 is 0 Å². The molecule has 0 saturated heterocycles. The summed E-state index contributed by atoms with van der Waals surface area (Å²) in [6, 6.07) is 15.4. The number of hydrogen-bond donors (Lipinski definition) is 0. The molecule has 2 aromatic rings. The van der Waals surface area contributed by atoms with Crippen LogP contribution in [0.15, 0.2) is 59.1 Å². The second kappa shape index (κ2) is 6.13. The lowest BCUT2D eigenvalue weighted by atomic mass is 10.0. The highest BCUT2D eigenvalue weighted by atomic mass is 79.9. The van der Waals surface area contributed by atoms with Crippen molar-refractivity contribution in [2.24, 2.45) is 0 Å². The first-order chi connectivity index (χ1) is 9.09. The molecule has 19 heavy (non-hydrogen) atoms. The van der Waals surface area contributed by atoms with Gasteiger partial charge in [-0.15, -0.1) is 11.6 Å². The number of carbonyl (C=O) groups is 2. The average Bonchev–Trinajstić information content (AvgIpc) is 2.46. The minimum absolute atomic E-state index is 0.357. The Morgan fingerprint density at radius 3 is 2.11 bits per heavy atom. The van der Waals surface area contributed by atoms with Crippen LogP contribution < -0.4 is 0 Å². The third-order valence-electron chi connectivity index (χ3n) is 2.65. The topological polar surface area (TPSA) is 34.1 Å². The predicted octanol–water partition coefficient (Wildman–Crippen LogP) is 4.18. The summed E-state index contributed by atoms with van der Waals surface area (Å²) in [6.07, 6.45) is 0. The molecule has 0 heterocycles. The average molecular weight is 338 g/mol. The van der Waals surface area contributed by atoms with Crippen LogP contribution in [0, 0.1) is 0 Å². The van der Waals surface area contributed by atoms with Crippen LogP contribution in [0.3, 0.4) is 0 Å². The number of Topliss-reactive ketones (excluding diaryl/α,β-unsaturated/α-hetero) is 2. The lowest BCUT2D eigenvalue weighted by Crippen LogP contribution is -2.19. The molecule has 0 aliphatic rings. The summed E-state index contributed by atoms with van der Waals surface area (Å²) < 4.78 is 0.891. The zero-order valence-electron chi connectivity index (χ0n) is 9.85. The summed E-state index contributed by atoms with van der Waals surface area (Å²) in [7, 11) is 0. The van der Waals surface area contributed by atoms with Gasteiger partial charge in [0.25, 0.3) is 0 Å².